The number of thioether (sulfide) groups is 1. The fraction of sp³-hybridized carbons (Fsp3) is 0.346. The first-order valence-corrected chi connectivity index (χ1v) is 13.4. The Kier molecular flexibility index (Phi) is 10.7. The number of nitrogens with one attached hydrogen (secondary N) is 4. The molecule has 0 aliphatic carbocycles. The van der Waals surface area contributed by atoms with Crippen LogP contribution in [-0.4, -0.2) is 76.9 Å². The molecule has 1 unspecified atom stereocenters. The lowest BCUT2D eigenvalue weighted by Gasteiger charge is -2.22. The van der Waals surface area contributed by atoms with Crippen molar-refractivity contribution in [3.63, 3.8) is 0 Å². The van der Waals surface area contributed by atoms with Gasteiger partial charge in [-0.15, -0.1) is 0 Å². The summed E-state index contributed by atoms with van der Waals surface area (Å²) in [6.07, 6.45) is 0.317. The van der Waals surface area contributed by atoms with Crippen LogP contribution in [0.4, 0.5) is 0 Å². The van der Waals surface area contributed by atoms with Crippen LogP contribution in [0.15, 0.2) is 54.6 Å². The molecule has 12 nitrogen and oxygen atoms in total. The molecule has 2 aromatic carbocycles. The summed E-state index contributed by atoms with van der Waals surface area (Å²) in [5.74, 6) is -3.09. The Balaban J connectivity index is 1.71. The van der Waals surface area contributed by atoms with Gasteiger partial charge in [0, 0.05) is 17.9 Å². The van der Waals surface area contributed by atoms with Crippen molar-refractivity contribution in [1.82, 2.24) is 21.3 Å². The minimum atomic E-state index is -1.08. The molecule has 1 fully saturated rings. The molecule has 208 valence electrons. The summed E-state index contributed by atoms with van der Waals surface area (Å²) in [5.41, 5.74) is 13.0. The number of hydrogen-bond acceptors (Lipinski definition) is 8. The summed E-state index contributed by atoms with van der Waals surface area (Å²) in [6, 6.07) is 11.1. The van der Waals surface area contributed by atoms with E-state index in [1.807, 2.05) is 6.07 Å². The van der Waals surface area contributed by atoms with E-state index in [-0.39, 0.29) is 30.1 Å². The first-order chi connectivity index (χ1) is 18.6. The van der Waals surface area contributed by atoms with Crippen LogP contribution >= 0.6 is 11.8 Å². The fourth-order valence-electron chi connectivity index (χ4n) is 3.81. The number of benzene rings is 2. The monoisotopic (exact) mass is 556 g/mol. The average Bonchev–Trinajstić information content (AvgIpc) is 2.91. The molecule has 1 saturated heterocycles. The Bertz CT molecular complexity index is 1180. The van der Waals surface area contributed by atoms with Gasteiger partial charge in [-0.05, 0) is 29.7 Å². The van der Waals surface area contributed by atoms with Crippen LogP contribution in [-0.2, 0) is 36.8 Å². The Morgan fingerprint density at radius 3 is 2.33 bits per heavy atom. The largest absolute Gasteiger partial charge is 0.508 e. The second-order valence-electron chi connectivity index (χ2n) is 9.07. The van der Waals surface area contributed by atoms with E-state index in [1.54, 1.807) is 36.4 Å². The van der Waals surface area contributed by atoms with E-state index in [4.69, 9.17) is 11.5 Å². The molecule has 39 heavy (non-hydrogen) atoms. The van der Waals surface area contributed by atoms with E-state index in [9.17, 15) is 29.1 Å². The van der Waals surface area contributed by atoms with Gasteiger partial charge in [-0.2, -0.15) is 11.8 Å². The number of amides is 5. The van der Waals surface area contributed by atoms with Crippen LogP contribution < -0.4 is 32.7 Å². The number of phenolic OH excluding ortho intramolecular Hbond substituents is 1. The van der Waals surface area contributed by atoms with Gasteiger partial charge in [0.2, 0.25) is 29.5 Å². The first-order valence-electron chi connectivity index (χ1n) is 12.2. The van der Waals surface area contributed by atoms with E-state index in [0.717, 1.165) is 17.3 Å². The number of nitrogens with two attached hydrogens (primary N) is 2. The molecular formula is C26H32N6O6S. The molecule has 4 atom stereocenters. The van der Waals surface area contributed by atoms with Crippen LogP contribution in [0.3, 0.4) is 0 Å². The van der Waals surface area contributed by atoms with Crippen molar-refractivity contribution in [2.45, 2.75) is 37.0 Å². The fourth-order valence-corrected chi connectivity index (χ4v) is 4.90. The molecule has 0 aromatic heterocycles. The van der Waals surface area contributed by atoms with Crippen LogP contribution in [0, 0.1) is 0 Å². The van der Waals surface area contributed by atoms with Crippen molar-refractivity contribution in [2.24, 2.45) is 11.5 Å². The van der Waals surface area contributed by atoms with Crippen molar-refractivity contribution in [2.75, 3.05) is 18.1 Å². The van der Waals surface area contributed by atoms with Gasteiger partial charge >= 0.3 is 0 Å². The summed E-state index contributed by atoms with van der Waals surface area (Å²) >= 11 is 1.13. The van der Waals surface area contributed by atoms with Gasteiger partial charge in [0.15, 0.2) is 0 Å². The Hall–Kier alpha value is -4.10. The van der Waals surface area contributed by atoms with Gasteiger partial charge in [0.05, 0.1) is 12.6 Å². The molecule has 1 aliphatic heterocycles. The maximum Gasteiger partial charge on any atom is 0.243 e. The van der Waals surface area contributed by atoms with Crippen LogP contribution in [0.25, 0.3) is 0 Å². The van der Waals surface area contributed by atoms with Crippen molar-refractivity contribution in [1.29, 1.82) is 0 Å². The SMILES string of the molecule is NC(=O)[C@@H]1CSCC(NC(=O)[C@@H](N)Cc2ccc(O)cc2)C(=O)NCC(=O)N[C@@H](Cc2ccccc2)C(=O)N1. The molecule has 1 aliphatic rings. The highest BCUT2D eigenvalue weighted by Crippen LogP contribution is 2.12. The van der Waals surface area contributed by atoms with Gasteiger partial charge in [-0.25, -0.2) is 0 Å². The lowest BCUT2D eigenvalue weighted by atomic mass is 10.0. The number of hydrogen-bond donors (Lipinski definition) is 7. The molecule has 13 heteroatoms. The van der Waals surface area contributed by atoms with E-state index in [1.165, 1.54) is 12.1 Å². The van der Waals surface area contributed by atoms with Crippen molar-refractivity contribution in [3.05, 3.63) is 65.7 Å². The van der Waals surface area contributed by atoms with Crippen LogP contribution in [0.2, 0.25) is 0 Å². The van der Waals surface area contributed by atoms with E-state index < -0.39 is 60.2 Å². The quantitative estimate of drug-likeness (QED) is 0.209. The molecule has 0 saturated carbocycles. The normalized spacial score (nSPS) is 21.6. The van der Waals surface area contributed by atoms with Crippen LogP contribution in [0.1, 0.15) is 11.1 Å². The average molecular weight is 557 g/mol. The van der Waals surface area contributed by atoms with Gasteiger partial charge in [0.25, 0.3) is 0 Å². The van der Waals surface area contributed by atoms with Crippen molar-refractivity contribution in [3.8, 4) is 5.75 Å². The topological polar surface area (TPSA) is 206 Å². The minimum absolute atomic E-state index is 0.0260. The van der Waals surface area contributed by atoms with E-state index in [2.05, 4.69) is 21.3 Å². The number of carbonyl (C=O) groups excluding carboxylic acids is 5. The van der Waals surface area contributed by atoms with E-state index in [0.29, 0.717) is 5.56 Å². The third-order valence-corrected chi connectivity index (χ3v) is 7.09. The zero-order chi connectivity index (χ0) is 28.4. The van der Waals surface area contributed by atoms with E-state index >= 15 is 0 Å². The Morgan fingerprint density at radius 1 is 0.974 bits per heavy atom. The van der Waals surface area contributed by atoms with Gasteiger partial charge in [-0.1, -0.05) is 42.5 Å². The number of aromatic hydroxyl groups is 1. The molecule has 9 N–H and O–H groups in total. The summed E-state index contributed by atoms with van der Waals surface area (Å²) in [4.78, 5) is 63.3. The highest BCUT2D eigenvalue weighted by Gasteiger charge is 2.29. The standard InChI is InChI=1S/C26H32N6O6S/c27-18(10-16-6-8-17(33)9-7-16)24(36)32-21-14-39-13-20(23(28)35)31-26(38)19(11-15-4-2-1-3-5-15)30-22(34)12-29-25(21)37/h1-9,18-21,33H,10-14,27H2,(H2,28,35)(H,29,37)(H,30,34)(H,31,38)(H,32,36)/t18-,19-,20-,21?/m0/s1. The lowest BCUT2D eigenvalue weighted by molar-refractivity contribution is -0.132. The predicted octanol–water partition coefficient (Wildman–Crippen LogP) is -1.69. The molecule has 3 rings (SSSR count). The Labute approximate surface area is 229 Å². The maximum atomic E-state index is 13.0. The number of carbonyl (C=O) groups is 5. The first kappa shape index (κ1) is 29.5. The third-order valence-electron chi connectivity index (χ3n) is 5.95. The summed E-state index contributed by atoms with van der Waals surface area (Å²) in [7, 11) is 0. The molecule has 5 amide bonds. The molecule has 0 spiro atoms. The number of rotatable bonds is 7. The Morgan fingerprint density at radius 2 is 1.67 bits per heavy atom. The lowest BCUT2D eigenvalue weighted by Crippen LogP contribution is -2.56. The highest BCUT2D eigenvalue weighted by molar-refractivity contribution is 7.99. The zero-order valence-electron chi connectivity index (χ0n) is 21.1. The summed E-state index contributed by atoms with van der Waals surface area (Å²) in [6.45, 7) is -0.437. The van der Waals surface area contributed by atoms with Gasteiger partial charge < -0.3 is 37.8 Å². The second kappa shape index (κ2) is 14.2. The molecule has 0 radical (unpaired) electrons. The van der Waals surface area contributed by atoms with Crippen molar-refractivity contribution < 1.29 is 29.1 Å². The predicted molar refractivity (Wildman–Crippen MR) is 145 cm³/mol. The molecule has 1 heterocycles. The molecule has 0 bridgehead atoms. The molecule has 2 aromatic rings. The van der Waals surface area contributed by atoms with Gasteiger partial charge in [0.1, 0.15) is 23.9 Å². The van der Waals surface area contributed by atoms with Crippen molar-refractivity contribution >= 4 is 41.3 Å². The van der Waals surface area contributed by atoms with Gasteiger partial charge in [-0.3, -0.25) is 24.0 Å². The summed E-state index contributed by atoms with van der Waals surface area (Å²) < 4.78 is 0. The second-order valence-corrected chi connectivity index (χ2v) is 10.1. The van der Waals surface area contributed by atoms with Crippen LogP contribution in [0.5, 0.6) is 5.75 Å². The molecular weight excluding hydrogens is 524 g/mol. The maximum absolute atomic E-state index is 13.0. The smallest absolute Gasteiger partial charge is 0.243 e. The summed E-state index contributed by atoms with van der Waals surface area (Å²) in [5, 5.41) is 19.7. The number of primary amides is 1. The highest BCUT2D eigenvalue weighted by atomic mass is 32.2. The minimum Gasteiger partial charge on any atom is -0.508 e. The number of phenols is 1. The third kappa shape index (κ3) is 9.30. The zero-order valence-corrected chi connectivity index (χ0v) is 21.9.